The highest BCUT2D eigenvalue weighted by Crippen LogP contribution is 2.41. The Kier molecular flexibility index (Phi) is 7.24. The zero-order chi connectivity index (χ0) is 40.0. The van der Waals surface area contributed by atoms with Gasteiger partial charge in [-0.15, -0.1) is 0 Å². The van der Waals surface area contributed by atoms with Crippen molar-refractivity contribution in [1.29, 1.82) is 0 Å². The van der Waals surface area contributed by atoms with Crippen LogP contribution in [-0.4, -0.2) is 19.9 Å². The molecule has 5 heteroatoms. The van der Waals surface area contributed by atoms with Crippen molar-refractivity contribution in [3.63, 3.8) is 0 Å². The van der Waals surface area contributed by atoms with Crippen LogP contribution >= 0.6 is 0 Å². The van der Waals surface area contributed by atoms with E-state index in [1.165, 1.54) is 21.5 Å². The third kappa shape index (κ3) is 5.14. The van der Waals surface area contributed by atoms with Crippen LogP contribution in [0.1, 0.15) is 0 Å². The van der Waals surface area contributed by atoms with Crippen LogP contribution in [0.3, 0.4) is 0 Å². The number of fused-ring (bicyclic) bond motifs is 15. The molecular weight excluding hydrogens is 745 g/mol. The first-order chi connectivity index (χ1) is 30.2. The van der Waals surface area contributed by atoms with Crippen LogP contribution in [0.5, 0.6) is 0 Å². The molecule has 0 aliphatic heterocycles. The molecule has 0 saturated heterocycles. The summed E-state index contributed by atoms with van der Waals surface area (Å²) in [5.41, 5.74) is 13.3. The smallest absolute Gasteiger partial charge is 0.135 e. The first kappa shape index (κ1) is 33.7. The van der Waals surface area contributed by atoms with Gasteiger partial charge in [-0.05, 0) is 68.1 Å². The van der Waals surface area contributed by atoms with Gasteiger partial charge in [0.1, 0.15) is 11.2 Å². The first-order valence-electron chi connectivity index (χ1n) is 20.5. The highest BCUT2D eigenvalue weighted by Gasteiger charge is 2.18. The van der Waals surface area contributed by atoms with Crippen molar-refractivity contribution < 1.29 is 4.42 Å². The lowest BCUT2D eigenvalue weighted by Crippen LogP contribution is -1.94. The highest BCUT2D eigenvalue weighted by atomic mass is 16.3. The van der Waals surface area contributed by atoms with Crippen LogP contribution in [0.25, 0.3) is 132 Å². The lowest BCUT2D eigenvalue weighted by molar-refractivity contribution is 0.669. The van der Waals surface area contributed by atoms with Gasteiger partial charge < -0.3 is 4.42 Å². The zero-order valence-electron chi connectivity index (χ0n) is 32.7. The number of aromatic nitrogens is 4. The van der Waals surface area contributed by atoms with Crippen LogP contribution in [0.2, 0.25) is 0 Å². The molecule has 0 bridgehead atoms. The van der Waals surface area contributed by atoms with E-state index in [4.69, 9.17) is 24.4 Å². The fourth-order valence-corrected chi connectivity index (χ4v) is 9.53. The van der Waals surface area contributed by atoms with Crippen molar-refractivity contribution in [3.05, 3.63) is 194 Å². The van der Waals surface area contributed by atoms with E-state index in [-0.39, 0.29) is 0 Å². The van der Waals surface area contributed by atoms with Gasteiger partial charge >= 0.3 is 0 Å². The number of furan rings is 1. The molecular formula is C56H32N4O. The largest absolute Gasteiger partial charge is 0.456 e. The molecule has 3 heterocycles. The zero-order valence-corrected chi connectivity index (χ0v) is 32.7. The monoisotopic (exact) mass is 776 g/mol. The molecule has 3 aromatic heterocycles. The van der Waals surface area contributed by atoms with Crippen LogP contribution in [0, 0.1) is 0 Å². The molecule has 0 unspecified atom stereocenters. The summed E-state index contributed by atoms with van der Waals surface area (Å²) in [5, 5.41) is 11.2. The number of hydrogen-bond acceptors (Lipinski definition) is 5. The van der Waals surface area contributed by atoms with E-state index in [2.05, 4.69) is 182 Å². The lowest BCUT2D eigenvalue weighted by Gasteiger charge is -2.13. The average molecular weight is 777 g/mol. The van der Waals surface area contributed by atoms with Crippen molar-refractivity contribution in [2.75, 3.05) is 0 Å². The number of rotatable bonds is 4. The van der Waals surface area contributed by atoms with Crippen molar-refractivity contribution in [3.8, 4) is 44.8 Å². The maximum atomic E-state index is 6.47. The van der Waals surface area contributed by atoms with E-state index in [9.17, 15) is 0 Å². The van der Waals surface area contributed by atoms with Crippen LogP contribution in [0.15, 0.2) is 199 Å². The summed E-state index contributed by atoms with van der Waals surface area (Å²) in [6, 6.07) is 63.8. The first-order valence-corrected chi connectivity index (χ1v) is 20.5. The van der Waals surface area contributed by atoms with Gasteiger partial charge in [-0.2, -0.15) is 0 Å². The van der Waals surface area contributed by atoms with Crippen LogP contribution in [-0.2, 0) is 0 Å². The molecule has 13 rings (SSSR count). The lowest BCUT2D eigenvalue weighted by atomic mass is 9.94. The van der Waals surface area contributed by atoms with E-state index < -0.39 is 0 Å². The number of benzene rings is 10. The SMILES string of the molecule is c1ccc(-c2cnc3c4ccccc4c4ccccc4c3n2)c(-c2ccc3oc4ccc(-c5ccccc5-c5cnc6c7ccccc7c7ccccc7c6n5)cc4c3c2)c1. The van der Waals surface area contributed by atoms with Crippen molar-refractivity contribution in [1.82, 2.24) is 19.9 Å². The quantitative estimate of drug-likeness (QED) is 0.167. The van der Waals surface area contributed by atoms with E-state index in [1.54, 1.807) is 0 Å². The highest BCUT2D eigenvalue weighted by molar-refractivity contribution is 6.24. The topological polar surface area (TPSA) is 64.7 Å². The second kappa shape index (κ2) is 13.1. The molecule has 13 aromatic rings. The van der Waals surface area contributed by atoms with Crippen LogP contribution < -0.4 is 0 Å². The molecule has 5 nitrogen and oxygen atoms in total. The van der Waals surface area contributed by atoms with Gasteiger partial charge in [0.2, 0.25) is 0 Å². The van der Waals surface area contributed by atoms with E-state index in [1.807, 2.05) is 12.4 Å². The minimum atomic E-state index is 0.831. The Morgan fingerprint density at radius 3 is 1.00 bits per heavy atom. The standard InChI is InChI=1S/C56H32N4O/c1-7-19-41(49-31-57-53-43-21-9-3-15-37(43)39-17-5-11-23-45(39)55(53)59-49)35(13-1)33-25-27-51-47(29-33)48-30-34(26-28-52(48)61-51)36-14-2-8-20-42(36)50-32-58-54-44-22-10-4-16-38(44)40-18-6-12-24-46(40)56(54)60-50/h1-32H. The Balaban J connectivity index is 0.939. The summed E-state index contributed by atoms with van der Waals surface area (Å²) >= 11 is 0. The second-order valence-electron chi connectivity index (χ2n) is 15.7. The third-order valence-corrected chi connectivity index (χ3v) is 12.4. The summed E-state index contributed by atoms with van der Waals surface area (Å²) < 4.78 is 6.47. The fraction of sp³-hybridized carbons (Fsp3) is 0. The molecule has 282 valence electrons. The molecule has 0 fully saturated rings. The normalized spacial score (nSPS) is 11.9. The molecule has 0 radical (unpaired) electrons. The molecule has 0 aliphatic carbocycles. The summed E-state index contributed by atoms with van der Waals surface area (Å²) in [6.07, 6.45) is 3.84. The van der Waals surface area contributed by atoms with E-state index >= 15 is 0 Å². The van der Waals surface area contributed by atoms with Gasteiger partial charge in [0.15, 0.2) is 0 Å². The number of hydrogen-bond donors (Lipinski definition) is 0. The molecule has 0 saturated carbocycles. The maximum absolute atomic E-state index is 6.47. The minimum Gasteiger partial charge on any atom is -0.456 e. The van der Waals surface area contributed by atoms with Gasteiger partial charge in [0, 0.05) is 43.4 Å². The summed E-state index contributed by atoms with van der Waals surface area (Å²) in [5.74, 6) is 0. The minimum absolute atomic E-state index is 0.831. The van der Waals surface area contributed by atoms with Gasteiger partial charge in [0.05, 0.1) is 45.8 Å². The number of nitrogens with zero attached hydrogens (tertiary/aromatic N) is 4. The summed E-state index contributed by atoms with van der Waals surface area (Å²) in [6.45, 7) is 0. The Morgan fingerprint density at radius 2 is 0.607 bits per heavy atom. The third-order valence-electron chi connectivity index (χ3n) is 12.4. The van der Waals surface area contributed by atoms with Gasteiger partial charge in [-0.3, -0.25) is 9.97 Å². The Labute approximate surface area is 349 Å². The summed E-state index contributed by atoms with van der Waals surface area (Å²) in [7, 11) is 0. The van der Waals surface area contributed by atoms with Gasteiger partial charge in [0.25, 0.3) is 0 Å². The van der Waals surface area contributed by atoms with Crippen molar-refractivity contribution >= 4 is 87.1 Å². The second-order valence-corrected chi connectivity index (χ2v) is 15.7. The molecule has 61 heavy (non-hydrogen) atoms. The Bertz CT molecular complexity index is 3630. The average Bonchev–Trinajstić information content (AvgIpc) is 3.71. The van der Waals surface area contributed by atoms with Crippen LogP contribution in [0.4, 0.5) is 0 Å². The molecule has 0 amide bonds. The Morgan fingerprint density at radius 1 is 0.279 bits per heavy atom. The van der Waals surface area contributed by atoms with E-state index in [0.717, 1.165) is 110 Å². The van der Waals surface area contributed by atoms with Crippen molar-refractivity contribution in [2.45, 2.75) is 0 Å². The molecule has 10 aromatic carbocycles. The molecule has 0 aliphatic rings. The Hall–Kier alpha value is -8.28. The van der Waals surface area contributed by atoms with E-state index in [0.29, 0.717) is 0 Å². The molecule has 0 N–H and O–H groups in total. The fourth-order valence-electron chi connectivity index (χ4n) is 9.53. The molecule has 0 atom stereocenters. The predicted octanol–water partition coefficient (Wildman–Crippen LogP) is 14.8. The predicted molar refractivity (Wildman–Crippen MR) is 252 cm³/mol. The summed E-state index contributed by atoms with van der Waals surface area (Å²) in [4.78, 5) is 20.8. The van der Waals surface area contributed by atoms with Crippen molar-refractivity contribution in [2.24, 2.45) is 0 Å². The molecule has 0 spiro atoms. The van der Waals surface area contributed by atoms with Gasteiger partial charge in [-0.1, -0.05) is 158 Å². The van der Waals surface area contributed by atoms with Gasteiger partial charge in [-0.25, -0.2) is 9.97 Å². The maximum Gasteiger partial charge on any atom is 0.135 e.